The van der Waals surface area contributed by atoms with Crippen molar-refractivity contribution in [3.63, 3.8) is 0 Å². The molecule has 2 rings (SSSR count). The Morgan fingerprint density at radius 3 is 2.44 bits per heavy atom. The fourth-order valence-electron chi connectivity index (χ4n) is 2.83. The zero-order valence-electron chi connectivity index (χ0n) is 15.4. The van der Waals surface area contributed by atoms with Crippen LogP contribution in [0.3, 0.4) is 0 Å². The maximum atomic E-state index is 4.53. The van der Waals surface area contributed by atoms with E-state index in [0.29, 0.717) is 0 Å². The van der Waals surface area contributed by atoms with E-state index in [1.165, 1.54) is 5.56 Å². The van der Waals surface area contributed by atoms with E-state index in [0.717, 1.165) is 22.7 Å². The lowest BCUT2D eigenvalue weighted by molar-refractivity contribution is 0.719. The van der Waals surface area contributed by atoms with Crippen molar-refractivity contribution in [2.75, 3.05) is 14.1 Å². The number of hydrogen-bond donors (Lipinski definition) is 0. The van der Waals surface area contributed by atoms with E-state index in [1.54, 1.807) is 13.2 Å². The maximum Gasteiger partial charge on any atom is 0.0953 e. The summed E-state index contributed by atoms with van der Waals surface area (Å²) in [6.45, 7) is 8.07. The maximum absolute atomic E-state index is 4.53. The predicted octanol–water partition coefficient (Wildman–Crippen LogP) is 4.74. The van der Waals surface area contributed by atoms with Gasteiger partial charge in [0.1, 0.15) is 0 Å². The van der Waals surface area contributed by atoms with Crippen molar-refractivity contribution < 1.29 is 0 Å². The Bertz CT molecular complexity index is 801. The molecule has 0 saturated carbocycles. The van der Waals surface area contributed by atoms with Crippen molar-refractivity contribution in [1.82, 2.24) is 0 Å². The Labute approximate surface area is 150 Å². The van der Waals surface area contributed by atoms with Gasteiger partial charge in [0.15, 0.2) is 0 Å². The Morgan fingerprint density at radius 1 is 1.12 bits per heavy atom. The molecule has 0 radical (unpaired) electrons. The van der Waals surface area contributed by atoms with Gasteiger partial charge in [-0.15, -0.1) is 0 Å². The van der Waals surface area contributed by atoms with Crippen LogP contribution in [-0.4, -0.2) is 31.2 Å². The van der Waals surface area contributed by atoms with Crippen LogP contribution in [0.15, 0.2) is 94.0 Å². The first kappa shape index (κ1) is 18.5. The number of rotatable bonds is 5. The van der Waals surface area contributed by atoms with Gasteiger partial charge in [-0.1, -0.05) is 69.0 Å². The number of benzene rings is 1. The molecule has 0 amide bonds. The highest BCUT2D eigenvalue weighted by atomic mass is 14.8. The van der Waals surface area contributed by atoms with Crippen molar-refractivity contribution >= 4 is 17.1 Å². The van der Waals surface area contributed by atoms with E-state index < -0.39 is 0 Å². The molecule has 1 aliphatic rings. The molecule has 0 spiro atoms. The molecule has 3 nitrogen and oxygen atoms in total. The van der Waals surface area contributed by atoms with Gasteiger partial charge in [0.2, 0.25) is 0 Å². The van der Waals surface area contributed by atoms with Gasteiger partial charge in [0, 0.05) is 37.0 Å². The predicted molar refractivity (Wildman–Crippen MR) is 110 cm³/mol. The zero-order valence-corrected chi connectivity index (χ0v) is 15.4. The summed E-state index contributed by atoms with van der Waals surface area (Å²) >= 11 is 0. The molecule has 1 aliphatic carbocycles. The third kappa shape index (κ3) is 4.18. The molecule has 0 fully saturated rings. The summed E-state index contributed by atoms with van der Waals surface area (Å²) in [5.74, 6) is 0. The standard InChI is InChI=1S/C22H25N3/c1-6-25-21-17(11-10-14-19(21)23-4)15-16-20(24-5)22(2,3)18-12-8-7-9-13-18/h6-16H,1H2,2-5H3/b16-15+,23-19?,24-20?,25-21?. The van der Waals surface area contributed by atoms with E-state index in [1.807, 2.05) is 37.4 Å². The van der Waals surface area contributed by atoms with Crippen molar-refractivity contribution in [2.45, 2.75) is 19.3 Å². The zero-order chi connectivity index (χ0) is 18.3. The average molecular weight is 331 g/mol. The fourth-order valence-corrected chi connectivity index (χ4v) is 2.83. The average Bonchev–Trinajstić information content (AvgIpc) is 2.64. The molecule has 0 atom stereocenters. The topological polar surface area (TPSA) is 37.1 Å². The van der Waals surface area contributed by atoms with E-state index in [9.17, 15) is 0 Å². The SMILES string of the molecule is C=CN=C1C(/C=C/C(=NC)C(C)(C)c2ccccc2)=CC=CC1=NC. The van der Waals surface area contributed by atoms with Crippen molar-refractivity contribution in [2.24, 2.45) is 15.0 Å². The summed E-state index contributed by atoms with van der Waals surface area (Å²) in [6.07, 6.45) is 11.6. The molecule has 0 saturated heterocycles. The lowest BCUT2D eigenvalue weighted by atomic mass is 9.79. The molecule has 0 aliphatic heterocycles. The van der Waals surface area contributed by atoms with Crippen LogP contribution in [0.2, 0.25) is 0 Å². The van der Waals surface area contributed by atoms with Gasteiger partial charge >= 0.3 is 0 Å². The van der Waals surface area contributed by atoms with Gasteiger partial charge in [0.25, 0.3) is 0 Å². The molecular formula is C22H25N3. The minimum Gasteiger partial charge on any atom is -0.292 e. The van der Waals surface area contributed by atoms with E-state index in [-0.39, 0.29) is 5.41 Å². The lowest BCUT2D eigenvalue weighted by Gasteiger charge is -2.25. The summed E-state index contributed by atoms with van der Waals surface area (Å²) in [5.41, 5.74) is 4.71. The van der Waals surface area contributed by atoms with Crippen LogP contribution < -0.4 is 0 Å². The first-order valence-corrected chi connectivity index (χ1v) is 8.30. The first-order valence-electron chi connectivity index (χ1n) is 8.30. The minimum atomic E-state index is -0.186. The van der Waals surface area contributed by atoms with Crippen LogP contribution in [-0.2, 0) is 5.41 Å². The fraction of sp³-hybridized carbons (Fsp3) is 0.227. The molecule has 0 unspecified atom stereocenters. The van der Waals surface area contributed by atoms with Gasteiger partial charge in [0.05, 0.1) is 11.4 Å². The van der Waals surface area contributed by atoms with Crippen LogP contribution in [0.1, 0.15) is 19.4 Å². The molecule has 0 bridgehead atoms. The third-order valence-electron chi connectivity index (χ3n) is 4.30. The highest BCUT2D eigenvalue weighted by molar-refractivity contribution is 6.53. The number of allylic oxidation sites excluding steroid dienone is 6. The van der Waals surface area contributed by atoms with Gasteiger partial charge < -0.3 is 0 Å². The van der Waals surface area contributed by atoms with Gasteiger partial charge in [-0.05, 0) is 17.7 Å². The normalized spacial score (nSPS) is 18.9. The Morgan fingerprint density at radius 2 is 1.84 bits per heavy atom. The molecule has 0 N–H and O–H groups in total. The smallest absolute Gasteiger partial charge is 0.0953 e. The Balaban J connectivity index is 2.36. The van der Waals surface area contributed by atoms with Crippen LogP contribution in [0.5, 0.6) is 0 Å². The summed E-state index contributed by atoms with van der Waals surface area (Å²) in [4.78, 5) is 13.2. The highest BCUT2D eigenvalue weighted by Crippen LogP contribution is 2.26. The molecular weight excluding hydrogens is 306 g/mol. The number of hydrogen-bond acceptors (Lipinski definition) is 3. The minimum absolute atomic E-state index is 0.186. The highest BCUT2D eigenvalue weighted by Gasteiger charge is 2.25. The van der Waals surface area contributed by atoms with Crippen LogP contribution >= 0.6 is 0 Å². The van der Waals surface area contributed by atoms with E-state index in [2.05, 4.69) is 65.7 Å². The number of nitrogens with zero attached hydrogens (tertiary/aromatic N) is 3. The van der Waals surface area contributed by atoms with Gasteiger partial charge in [-0.25, -0.2) is 0 Å². The molecule has 3 heteroatoms. The second-order valence-electron chi connectivity index (χ2n) is 6.18. The monoisotopic (exact) mass is 331 g/mol. The van der Waals surface area contributed by atoms with Gasteiger partial charge in [-0.2, -0.15) is 0 Å². The molecule has 0 aromatic heterocycles. The van der Waals surface area contributed by atoms with Crippen molar-refractivity contribution in [3.05, 3.63) is 84.6 Å². The Hall–Kier alpha value is -2.81. The lowest BCUT2D eigenvalue weighted by Crippen LogP contribution is -2.27. The van der Waals surface area contributed by atoms with Crippen molar-refractivity contribution in [3.8, 4) is 0 Å². The summed E-state index contributed by atoms with van der Waals surface area (Å²) < 4.78 is 0. The second kappa shape index (κ2) is 8.34. The second-order valence-corrected chi connectivity index (χ2v) is 6.18. The van der Waals surface area contributed by atoms with Crippen molar-refractivity contribution in [1.29, 1.82) is 0 Å². The molecule has 1 aromatic carbocycles. The first-order chi connectivity index (χ1) is 12.0. The summed E-state index contributed by atoms with van der Waals surface area (Å²) in [7, 11) is 3.60. The number of aliphatic imine (C=N–C) groups is 3. The van der Waals surface area contributed by atoms with E-state index >= 15 is 0 Å². The molecule has 0 heterocycles. The molecule has 1 aromatic rings. The molecule has 128 valence electrons. The third-order valence-corrected chi connectivity index (χ3v) is 4.30. The summed E-state index contributed by atoms with van der Waals surface area (Å²) in [6, 6.07) is 10.4. The molecule has 25 heavy (non-hydrogen) atoms. The quantitative estimate of drug-likeness (QED) is 0.552. The van der Waals surface area contributed by atoms with Crippen LogP contribution in [0.4, 0.5) is 0 Å². The van der Waals surface area contributed by atoms with Gasteiger partial charge in [-0.3, -0.25) is 15.0 Å². The van der Waals surface area contributed by atoms with E-state index in [4.69, 9.17) is 0 Å². The Kier molecular flexibility index (Phi) is 6.18. The van der Waals surface area contributed by atoms with Crippen LogP contribution in [0, 0.1) is 0 Å². The van der Waals surface area contributed by atoms with Crippen LogP contribution in [0.25, 0.3) is 0 Å². The largest absolute Gasteiger partial charge is 0.292 e. The summed E-state index contributed by atoms with van der Waals surface area (Å²) in [5, 5.41) is 0.